The highest BCUT2D eigenvalue weighted by Crippen LogP contribution is 2.22. The summed E-state index contributed by atoms with van der Waals surface area (Å²) in [7, 11) is 2.01. The number of likely N-dealkylation sites (tertiary alicyclic amines) is 1. The molecule has 1 saturated heterocycles. The van der Waals surface area contributed by atoms with Crippen molar-refractivity contribution in [3.8, 4) is 5.88 Å². The number of nitrogens with zero attached hydrogens (tertiary/aromatic N) is 4. The molecule has 0 saturated carbocycles. The van der Waals surface area contributed by atoms with Gasteiger partial charge in [-0.05, 0) is 11.6 Å². The summed E-state index contributed by atoms with van der Waals surface area (Å²) in [5.41, 5.74) is 2.22. The molecule has 1 aliphatic heterocycles. The van der Waals surface area contributed by atoms with Crippen LogP contribution in [0.15, 0.2) is 49.1 Å². The molecule has 0 bridgehead atoms. The van der Waals surface area contributed by atoms with Gasteiger partial charge in [0.1, 0.15) is 6.10 Å². The van der Waals surface area contributed by atoms with E-state index in [0.29, 0.717) is 25.4 Å². The minimum absolute atomic E-state index is 0.0202. The van der Waals surface area contributed by atoms with Crippen LogP contribution in [0.5, 0.6) is 5.88 Å². The normalized spacial score (nSPS) is 17.2. The number of fused-ring (bicyclic) bond motifs is 1. The largest absolute Gasteiger partial charge is 0.471 e. The van der Waals surface area contributed by atoms with Crippen LogP contribution < -0.4 is 4.74 Å². The first-order chi connectivity index (χ1) is 12.2. The van der Waals surface area contributed by atoms with Gasteiger partial charge in [0.25, 0.3) is 0 Å². The van der Waals surface area contributed by atoms with Gasteiger partial charge in [0.05, 0.1) is 19.2 Å². The lowest BCUT2D eigenvalue weighted by Crippen LogP contribution is -2.32. The second-order valence-corrected chi connectivity index (χ2v) is 6.37. The summed E-state index contributed by atoms with van der Waals surface area (Å²) < 4.78 is 7.88. The van der Waals surface area contributed by atoms with Gasteiger partial charge in [-0.25, -0.2) is 4.98 Å². The van der Waals surface area contributed by atoms with Crippen LogP contribution in [0, 0.1) is 0 Å². The number of hydrogen-bond acceptors (Lipinski definition) is 4. The molecule has 1 aromatic carbocycles. The maximum absolute atomic E-state index is 12.7. The van der Waals surface area contributed by atoms with Gasteiger partial charge in [-0.15, -0.1) is 0 Å². The second-order valence-electron chi connectivity index (χ2n) is 6.37. The molecule has 0 spiro atoms. The summed E-state index contributed by atoms with van der Waals surface area (Å²) in [5, 5.41) is 1.14. The number of hydrogen-bond donors (Lipinski definition) is 0. The van der Waals surface area contributed by atoms with E-state index in [1.807, 2.05) is 30.3 Å². The highest BCUT2D eigenvalue weighted by atomic mass is 16.5. The number of benzene rings is 1. The molecule has 6 nitrogen and oxygen atoms in total. The molecule has 1 atom stereocenters. The van der Waals surface area contributed by atoms with Crippen LogP contribution in [0.3, 0.4) is 0 Å². The van der Waals surface area contributed by atoms with Crippen LogP contribution in [-0.4, -0.2) is 44.5 Å². The molecule has 0 N–H and O–H groups in total. The van der Waals surface area contributed by atoms with E-state index in [1.54, 1.807) is 18.6 Å². The van der Waals surface area contributed by atoms with E-state index in [-0.39, 0.29) is 12.0 Å². The molecule has 6 heteroatoms. The number of aryl methyl sites for hydroxylation is 1. The van der Waals surface area contributed by atoms with Crippen LogP contribution in [0.4, 0.5) is 0 Å². The van der Waals surface area contributed by atoms with Crippen molar-refractivity contribution in [3.63, 3.8) is 0 Å². The maximum Gasteiger partial charge on any atom is 0.232 e. The van der Waals surface area contributed by atoms with E-state index in [4.69, 9.17) is 4.74 Å². The zero-order chi connectivity index (χ0) is 17.2. The van der Waals surface area contributed by atoms with Gasteiger partial charge in [-0.2, -0.15) is 0 Å². The summed E-state index contributed by atoms with van der Waals surface area (Å²) in [6, 6.07) is 8.17. The average molecular weight is 336 g/mol. The smallest absolute Gasteiger partial charge is 0.232 e. The highest BCUT2D eigenvalue weighted by Gasteiger charge is 2.28. The summed E-state index contributed by atoms with van der Waals surface area (Å²) in [6.07, 6.45) is 8.08. The van der Waals surface area contributed by atoms with Gasteiger partial charge < -0.3 is 14.2 Å². The van der Waals surface area contributed by atoms with Gasteiger partial charge >= 0.3 is 0 Å². The molecule has 0 radical (unpaired) electrons. The predicted octanol–water partition coefficient (Wildman–Crippen LogP) is 2.19. The minimum atomic E-state index is -0.0202. The van der Waals surface area contributed by atoms with Crippen molar-refractivity contribution in [2.24, 2.45) is 7.05 Å². The van der Waals surface area contributed by atoms with E-state index >= 15 is 0 Å². The van der Waals surface area contributed by atoms with E-state index in [2.05, 4.69) is 26.7 Å². The van der Waals surface area contributed by atoms with E-state index in [1.165, 1.54) is 0 Å². The first-order valence-corrected chi connectivity index (χ1v) is 8.44. The summed E-state index contributed by atoms with van der Waals surface area (Å²) in [5.74, 6) is 0.650. The molecule has 128 valence electrons. The summed E-state index contributed by atoms with van der Waals surface area (Å²) >= 11 is 0. The molecular formula is C19H20N4O2. The van der Waals surface area contributed by atoms with Gasteiger partial charge in [0.2, 0.25) is 11.8 Å². The number of ether oxygens (including phenoxy) is 1. The topological polar surface area (TPSA) is 60.2 Å². The lowest BCUT2D eigenvalue weighted by Gasteiger charge is -2.16. The molecule has 4 rings (SSSR count). The predicted molar refractivity (Wildman–Crippen MR) is 94.3 cm³/mol. The Hall–Kier alpha value is -2.89. The summed E-state index contributed by atoms with van der Waals surface area (Å²) in [4.78, 5) is 22.7. The first-order valence-electron chi connectivity index (χ1n) is 8.44. The molecule has 2 aromatic heterocycles. The molecule has 1 fully saturated rings. The fourth-order valence-corrected chi connectivity index (χ4v) is 3.41. The third-order valence-electron chi connectivity index (χ3n) is 4.65. The number of carbonyl (C=O) groups is 1. The first kappa shape index (κ1) is 15.6. The Bertz CT molecular complexity index is 891. The Morgan fingerprint density at radius 3 is 3.04 bits per heavy atom. The Labute approximate surface area is 146 Å². The van der Waals surface area contributed by atoms with Crippen molar-refractivity contribution >= 4 is 16.8 Å². The molecule has 1 amide bonds. The van der Waals surface area contributed by atoms with Gasteiger partial charge in [-0.1, -0.05) is 18.2 Å². The van der Waals surface area contributed by atoms with Gasteiger partial charge in [0, 0.05) is 49.5 Å². The Morgan fingerprint density at radius 1 is 1.32 bits per heavy atom. The standard InChI is InChI=1S/C19H20N4O2/c1-22-12-14(16-4-2-3-5-17(16)22)10-19(24)23-9-6-15(13-23)25-18-11-20-7-8-21-18/h2-5,7-8,11-12,15H,6,9-10,13H2,1H3. The lowest BCUT2D eigenvalue weighted by atomic mass is 10.1. The van der Waals surface area contributed by atoms with E-state index in [0.717, 1.165) is 22.9 Å². The lowest BCUT2D eigenvalue weighted by molar-refractivity contribution is -0.129. The van der Waals surface area contributed by atoms with Gasteiger partial charge in [-0.3, -0.25) is 9.78 Å². The van der Waals surface area contributed by atoms with Crippen molar-refractivity contribution in [2.45, 2.75) is 18.9 Å². The molecular weight excluding hydrogens is 316 g/mol. The third kappa shape index (κ3) is 3.20. The van der Waals surface area contributed by atoms with Crippen LogP contribution in [0.2, 0.25) is 0 Å². The van der Waals surface area contributed by atoms with Crippen molar-refractivity contribution < 1.29 is 9.53 Å². The fraction of sp³-hybridized carbons (Fsp3) is 0.316. The quantitative estimate of drug-likeness (QED) is 0.733. The zero-order valence-corrected chi connectivity index (χ0v) is 14.1. The van der Waals surface area contributed by atoms with Crippen molar-refractivity contribution in [1.29, 1.82) is 0 Å². The molecule has 25 heavy (non-hydrogen) atoms. The van der Waals surface area contributed by atoms with E-state index < -0.39 is 0 Å². The van der Waals surface area contributed by atoms with Gasteiger partial charge in [0.15, 0.2) is 0 Å². The average Bonchev–Trinajstić information content (AvgIpc) is 3.22. The maximum atomic E-state index is 12.7. The summed E-state index contributed by atoms with van der Waals surface area (Å²) in [6.45, 7) is 1.31. The number of aromatic nitrogens is 3. The van der Waals surface area contributed by atoms with Crippen LogP contribution in [0.25, 0.3) is 10.9 Å². The third-order valence-corrected chi connectivity index (χ3v) is 4.65. The van der Waals surface area contributed by atoms with E-state index in [9.17, 15) is 4.79 Å². The molecule has 0 aliphatic carbocycles. The number of carbonyl (C=O) groups excluding carboxylic acids is 1. The Balaban J connectivity index is 1.42. The van der Waals surface area contributed by atoms with Crippen LogP contribution in [-0.2, 0) is 18.3 Å². The Morgan fingerprint density at radius 2 is 2.20 bits per heavy atom. The van der Waals surface area contributed by atoms with Crippen molar-refractivity contribution in [2.75, 3.05) is 13.1 Å². The molecule has 3 heterocycles. The highest BCUT2D eigenvalue weighted by molar-refractivity contribution is 5.89. The molecule has 1 unspecified atom stereocenters. The zero-order valence-electron chi connectivity index (χ0n) is 14.1. The van der Waals surface area contributed by atoms with Crippen molar-refractivity contribution in [1.82, 2.24) is 19.4 Å². The molecule has 1 aliphatic rings. The molecule has 3 aromatic rings. The Kier molecular flexibility index (Phi) is 4.09. The second kappa shape index (κ2) is 6.55. The number of amides is 1. The van der Waals surface area contributed by atoms with Crippen LogP contribution >= 0.6 is 0 Å². The number of rotatable bonds is 4. The SMILES string of the molecule is Cn1cc(CC(=O)N2CCC(Oc3cnccn3)C2)c2ccccc21. The van der Waals surface area contributed by atoms with Crippen LogP contribution in [0.1, 0.15) is 12.0 Å². The fourth-order valence-electron chi connectivity index (χ4n) is 3.41. The number of para-hydroxylation sites is 1. The monoisotopic (exact) mass is 336 g/mol. The minimum Gasteiger partial charge on any atom is -0.471 e. The van der Waals surface area contributed by atoms with Crippen molar-refractivity contribution in [3.05, 3.63) is 54.6 Å².